The molecule has 0 unspecified atom stereocenters. The highest BCUT2D eigenvalue weighted by Gasteiger charge is 2.19. The van der Waals surface area contributed by atoms with E-state index >= 15 is 0 Å². The van der Waals surface area contributed by atoms with Crippen LogP contribution in [0, 0.1) is 6.92 Å². The Kier molecular flexibility index (Phi) is 7.89. The van der Waals surface area contributed by atoms with Gasteiger partial charge in [0.15, 0.2) is 5.11 Å². The van der Waals surface area contributed by atoms with Crippen molar-refractivity contribution in [1.82, 2.24) is 9.36 Å². The smallest absolute Gasteiger partial charge is 0.295 e. The fourth-order valence-electron chi connectivity index (χ4n) is 4.32. The Labute approximate surface area is 222 Å². The third-order valence-electron chi connectivity index (χ3n) is 6.41. The van der Waals surface area contributed by atoms with Crippen LogP contribution < -0.4 is 21.5 Å². The van der Waals surface area contributed by atoms with Gasteiger partial charge in [0.1, 0.15) is 5.69 Å². The minimum absolute atomic E-state index is 0.246. The number of rotatable bonds is 7. The lowest BCUT2D eigenvalue weighted by molar-refractivity contribution is 0.102. The van der Waals surface area contributed by atoms with Crippen molar-refractivity contribution in [3.63, 3.8) is 0 Å². The summed E-state index contributed by atoms with van der Waals surface area (Å²) in [5.41, 5.74) is 5.81. The van der Waals surface area contributed by atoms with Crippen LogP contribution in [0.25, 0.3) is 5.69 Å². The SMILES string of the molecule is CCc1cccc(CC)c1NC(=S)Nc1cccc(C(=O)Nc2c(C)n(C)n(-c3ccccc3)c2=O)c1. The Hall–Kier alpha value is -4.17. The Bertz CT molecular complexity index is 1480. The van der Waals surface area contributed by atoms with E-state index in [1.165, 1.54) is 15.8 Å². The first-order chi connectivity index (χ1) is 17.8. The third kappa shape index (κ3) is 5.49. The van der Waals surface area contributed by atoms with Gasteiger partial charge in [-0.1, -0.05) is 56.3 Å². The maximum Gasteiger partial charge on any atom is 0.295 e. The van der Waals surface area contributed by atoms with Crippen molar-refractivity contribution < 1.29 is 4.79 Å². The predicted molar refractivity (Wildman–Crippen MR) is 155 cm³/mol. The number of hydrogen-bond acceptors (Lipinski definition) is 3. The molecule has 190 valence electrons. The standard InChI is InChI=1S/C29H31N5O2S/c1-5-20-12-10-13-21(6-2)26(20)32-29(37)30-23-15-11-14-22(18-23)27(35)31-25-19(3)33(4)34(28(25)36)24-16-8-7-9-17-24/h7-18H,5-6H2,1-4H3,(H,31,35)(H2,30,32,37). The number of aryl methyl sites for hydroxylation is 2. The zero-order chi connectivity index (χ0) is 26.5. The summed E-state index contributed by atoms with van der Waals surface area (Å²) >= 11 is 5.58. The molecule has 3 aromatic carbocycles. The number of carbonyl (C=O) groups is 1. The molecule has 8 heteroatoms. The Balaban J connectivity index is 1.52. The van der Waals surface area contributed by atoms with Crippen molar-refractivity contribution in [2.75, 3.05) is 16.0 Å². The summed E-state index contributed by atoms with van der Waals surface area (Å²) in [7, 11) is 1.79. The maximum atomic E-state index is 13.2. The number of thiocarbonyl (C=S) groups is 1. The van der Waals surface area contributed by atoms with E-state index in [1.54, 1.807) is 36.9 Å². The van der Waals surface area contributed by atoms with Crippen LogP contribution in [0.1, 0.15) is 41.0 Å². The van der Waals surface area contributed by atoms with Crippen LogP contribution in [0.2, 0.25) is 0 Å². The number of anilines is 3. The van der Waals surface area contributed by atoms with Crippen LogP contribution in [-0.4, -0.2) is 20.4 Å². The third-order valence-corrected chi connectivity index (χ3v) is 6.62. The molecule has 0 atom stereocenters. The van der Waals surface area contributed by atoms with Gasteiger partial charge in [-0.2, -0.15) is 0 Å². The molecule has 0 spiro atoms. The first-order valence-electron chi connectivity index (χ1n) is 12.3. The Morgan fingerprint density at radius 2 is 1.49 bits per heavy atom. The predicted octanol–water partition coefficient (Wildman–Crippen LogP) is 5.67. The molecule has 37 heavy (non-hydrogen) atoms. The lowest BCUT2D eigenvalue weighted by Gasteiger charge is -2.17. The second-order valence-corrected chi connectivity index (χ2v) is 9.12. The van der Waals surface area contributed by atoms with Gasteiger partial charge in [-0.3, -0.25) is 14.3 Å². The number of aromatic nitrogens is 2. The molecule has 0 bridgehead atoms. The van der Waals surface area contributed by atoms with Gasteiger partial charge in [0, 0.05) is 24.0 Å². The van der Waals surface area contributed by atoms with Crippen molar-refractivity contribution in [2.45, 2.75) is 33.6 Å². The molecule has 7 nitrogen and oxygen atoms in total. The fourth-order valence-corrected chi connectivity index (χ4v) is 4.54. The second kappa shape index (κ2) is 11.3. The average Bonchev–Trinajstić information content (AvgIpc) is 3.12. The van der Waals surface area contributed by atoms with Gasteiger partial charge in [0.05, 0.1) is 11.4 Å². The van der Waals surface area contributed by atoms with Gasteiger partial charge in [-0.05, 0) is 73.4 Å². The number of amides is 1. The minimum atomic E-state index is -0.377. The zero-order valence-corrected chi connectivity index (χ0v) is 22.3. The van der Waals surface area contributed by atoms with Crippen molar-refractivity contribution in [2.24, 2.45) is 7.05 Å². The minimum Gasteiger partial charge on any atom is -0.332 e. The van der Waals surface area contributed by atoms with Crippen molar-refractivity contribution >= 4 is 40.3 Å². The monoisotopic (exact) mass is 513 g/mol. The molecule has 3 N–H and O–H groups in total. The van der Waals surface area contributed by atoms with E-state index in [4.69, 9.17) is 12.2 Å². The van der Waals surface area contributed by atoms with E-state index in [0.29, 0.717) is 22.1 Å². The van der Waals surface area contributed by atoms with Gasteiger partial charge in [-0.25, -0.2) is 4.68 Å². The van der Waals surface area contributed by atoms with Crippen molar-refractivity contribution in [1.29, 1.82) is 0 Å². The molecule has 1 amide bonds. The van der Waals surface area contributed by atoms with Crippen molar-refractivity contribution in [3.05, 3.63) is 106 Å². The van der Waals surface area contributed by atoms with Gasteiger partial charge in [0.25, 0.3) is 11.5 Å². The van der Waals surface area contributed by atoms with E-state index in [-0.39, 0.29) is 17.2 Å². The molecule has 0 radical (unpaired) electrons. The highest BCUT2D eigenvalue weighted by molar-refractivity contribution is 7.80. The van der Waals surface area contributed by atoms with E-state index in [2.05, 4.69) is 48.0 Å². The topological polar surface area (TPSA) is 80.1 Å². The molecule has 0 saturated carbocycles. The summed E-state index contributed by atoms with van der Waals surface area (Å²) in [4.78, 5) is 26.3. The van der Waals surface area contributed by atoms with Gasteiger partial charge >= 0.3 is 0 Å². The fraction of sp³-hybridized carbons (Fsp3) is 0.207. The molecule has 0 aliphatic rings. The summed E-state index contributed by atoms with van der Waals surface area (Å²) in [5, 5.41) is 9.76. The Morgan fingerprint density at radius 3 is 2.14 bits per heavy atom. The van der Waals surface area contributed by atoms with Gasteiger partial charge in [0.2, 0.25) is 0 Å². The molecular weight excluding hydrogens is 482 g/mol. The van der Waals surface area contributed by atoms with Crippen LogP contribution in [0.3, 0.4) is 0 Å². The maximum absolute atomic E-state index is 13.2. The molecule has 4 aromatic rings. The second-order valence-electron chi connectivity index (χ2n) is 8.71. The molecule has 0 saturated heterocycles. The van der Waals surface area contributed by atoms with E-state index in [9.17, 15) is 9.59 Å². The summed E-state index contributed by atoms with van der Waals surface area (Å²) in [6, 6.07) is 22.6. The number of benzene rings is 3. The van der Waals surface area contributed by atoms with Gasteiger partial charge < -0.3 is 16.0 Å². The van der Waals surface area contributed by atoms with Gasteiger partial charge in [-0.15, -0.1) is 0 Å². The highest BCUT2D eigenvalue weighted by atomic mass is 32.1. The molecule has 1 heterocycles. The summed E-state index contributed by atoms with van der Waals surface area (Å²) in [6.07, 6.45) is 1.78. The van der Waals surface area contributed by atoms with E-state index in [0.717, 1.165) is 24.2 Å². The first-order valence-corrected chi connectivity index (χ1v) is 12.7. The first kappa shape index (κ1) is 25.9. The highest BCUT2D eigenvalue weighted by Crippen LogP contribution is 2.23. The van der Waals surface area contributed by atoms with E-state index < -0.39 is 0 Å². The zero-order valence-electron chi connectivity index (χ0n) is 21.5. The van der Waals surface area contributed by atoms with Crippen LogP contribution in [0.15, 0.2) is 77.6 Å². The lowest BCUT2D eigenvalue weighted by atomic mass is 10.0. The number of hydrogen-bond donors (Lipinski definition) is 3. The Morgan fingerprint density at radius 1 is 0.838 bits per heavy atom. The largest absolute Gasteiger partial charge is 0.332 e. The average molecular weight is 514 g/mol. The summed E-state index contributed by atoms with van der Waals surface area (Å²) in [6.45, 7) is 6.03. The molecule has 0 aliphatic heterocycles. The van der Waals surface area contributed by atoms with Crippen LogP contribution in [0.5, 0.6) is 0 Å². The van der Waals surface area contributed by atoms with E-state index in [1.807, 2.05) is 36.4 Å². The van der Waals surface area contributed by atoms with Crippen LogP contribution >= 0.6 is 12.2 Å². The quantitative estimate of drug-likeness (QED) is 0.278. The number of carbonyl (C=O) groups excluding carboxylic acids is 1. The van der Waals surface area contributed by atoms with Crippen molar-refractivity contribution in [3.8, 4) is 5.69 Å². The molecule has 0 fully saturated rings. The normalized spacial score (nSPS) is 10.7. The lowest BCUT2D eigenvalue weighted by Crippen LogP contribution is -2.23. The van der Waals surface area contributed by atoms with Crippen LogP contribution in [-0.2, 0) is 19.9 Å². The summed E-state index contributed by atoms with van der Waals surface area (Å²) < 4.78 is 3.26. The summed E-state index contributed by atoms with van der Waals surface area (Å²) in [5.74, 6) is -0.377. The number of para-hydroxylation sites is 2. The molecular formula is C29H31N5O2S. The number of nitrogens with zero attached hydrogens (tertiary/aromatic N) is 2. The number of nitrogens with one attached hydrogen (secondary N) is 3. The van der Waals surface area contributed by atoms with Crippen LogP contribution in [0.4, 0.5) is 17.1 Å². The molecule has 1 aromatic heterocycles. The molecule has 4 rings (SSSR count). The molecule has 0 aliphatic carbocycles.